The molecule has 0 spiro atoms. The summed E-state index contributed by atoms with van der Waals surface area (Å²) in [5, 5.41) is 0. The van der Waals surface area contributed by atoms with E-state index in [0.29, 0.717) is 0 Å². The van der Waals surface area contributed by atoms with Crippen molar-refractivity contribution in [2.75, 3.05) is 0 Å². The van der Waals surface area contributed by atoms with E-state index < -0.39 is 0 Å². The minimum absolute atomic E-state index is 1.32. The molecule has 23 heavy (non-hydrogen) atoms. The lowest BCUT2D eigenvalue weighted by Crippen LogP contribution is -1.90. The Morgan fingerprint density at radius 2 is 1.13 bits per heavy atom. The van der Waals surface area contributed by atoms with Gasteiger partial charge in [0.2, 0.25) is 0 Å². The van der Waals surface area contributed by atoms with Gasteiger partial charge in [-0.1, -0.05) is 78.6 Å². The minimum atomic E-state index is 1.32. The van der Waals surface area contributed by atoms with Crippen LogP contribution in [0, 0.1) is 0 Å². The smallest absolute Gasteiger partial charge is 0.00801 e. The van der Waals surface area contributed by atoms with Gasteiger partial charge in [-0.05, 0) is 50.2 Å². The van der Waals surface area contributed by atoms with Crippen molar-refractivity contribution in [3.8, 4) is 0 Å². The first kappa shape index (κ1) is 20.7. The molecule has 0 saturated heterocycles. The molecule has 0 aromatic carbocycles. The molecule has 134 valence electrons. The standard InChI is InChI=1S/C22H40S/c1-4-7-10-13-16-20-19-21(17-14-11-8-5-2)23-22(20)18-15-12-9-6-3/h19H,4-18H2,1-3H3. The van der Waals surface area contributed by atoms with Crippen LogP contribution < -0.4 is 0 Å². The molecule has 0 radical (unpaired) electrons. The largest absolute Gasteiger partial charge is 0.145 e. The SMILES string of the molecule is CCCCCCc1cc(CCCCCC)c(CCCCCC)s1. The van der Waals surface area contributed by atoms with Crippen LogP contribution in [0.4, 0.5) is 0 Å². The highest BCUT2D eigenvalue weighted by Gasteiger charge is 2.09. The number of hydrogen-bond acceptors (Lipinski definition) is 1. The Labute approximate surface area is 150 Å². The number of aryl methyl sites for hydroxylation is 3. The monoisotopic (exact) mass is 336 g/mol. The molecule has 0 fully saturated rings. The summed E-state index contributed by atoms with van der Waals surface area (Å²) in [6.45, 7) is 6.91. The average molecular weight is 337 g/mol. The first-order valence-electron chi connectivity index (χ1n) is 10.4. The summed E-state index contributed by atoms with van der Waals surface area (Å²) in [7, 11) is 0. The zero-order valence-electron chi connectivity index (χ0n) is 16.1. The van der Waals surface area contributed by atoms with Gasteiger partial charge in [0.15, 0.2) is 0 Å². The van der Waals surface area contributed by atoms with Crippen molar-refractivity contribution >= 4 is 11.3 Å². The predicted molar refractivity (Wildman–Crippen MR) is 108 cm³/mol. The van der Waals surface area contributed by atoms with Crippen molar-refractivity contribution in [2.24, 2.45) is 0 Å². The molecule has 0 N–H and O–H groups in total. The minimum Gasteiger partial charge on any atom is -0.145 e. The van der Waals surface area contributed by atoms with E-state index in [1.54, 1.807) is 15.3 Å². The van der Waals surface area contributed by atoms with Gasteiger partial charge >= 0.3 is 0 Å². The van der Waals surface area contributed by atoms with E-state index >= 15 is 0 Å². The maximum absolute atomic E-state index is 2.57. The third-order valence-corrected chi connectivity index (χ3v) is 6.08. The van der Waals surface area contributed by atoms with E-state index in [9.17, 15) is 0 Å². The molecule has 1 rings (SSSR count). The predicted octanol–water partition coefficient (Wildman–Crippen LogP) is 8.12. The van der Waals surface area contributed by atoms with Crippen molar-refractivity contribution < 1.29 is 0 Å². The highest BCUT2D eigenvalue weighted by atomic mass is 32.1. The van der Waals surface area contributed by atoms with Crippen molar-refractivity contribution in [3.63, 3.8) is 0 Å². The lowest BCUT2D eigenvalue weighted by molar-refractivity contribution is 0.654. The molecule has 0 bridgehead atoms. The zero-order valence-corrected chi connectivity index (χ0v) is 16.9. The number of rotatable bonds is 15. The van der Waals surface area contributed by atoms with E-state index in [-0.39, 0.29) is 0 Å². The van der Waals surface area contributed by atoms with Gasteiger partial charge in [-0.2, -0.15) is 0 Å². The quantitative estimate of drug-likeness (QED) is 0.284. The zero-order chi connectivity index (χ0) is 16.8. The number of unbranched alkanes of at least 4 members (excludes halogenated alkanes) is 9. The third kappa shape index (κ3) is 9.55. The molecular weight excluding hydrogens is 296 g/mol. The van der Waals surface area contributed by atoms with Crippen LogP contribution >= 0.6 is 11.3 Å². The van der Waals surface area contributed by atoms with Gasteiger partial charge < -0.3 is 0 Å². The van der Waals surface area contributed by atoms with Crippen LogP contribution in [0.5, 0.6) is 0 Å². The Kier molecular flexibility index (Phi) is 12.7. The van der Waals surface area contributed by atoms with Crippen LogP contribution in [0.2, 0.25) is 0 Å². The van der Waals surface area contributed by atoms with Gasteiger partial charge in [0, 0.05) is 9.75 Å². The van der Waals surface area contributed by atoms with Gasteiger partial charge in [-0.25, -0.2) is 0 Å². The highest BCUT2D eigenvalue weighted by molar-refractivity contribution is 7.12. The van der Waals surface area contributed by atoms with Crippen LogP contribution in [0.3, 0.4) is 0 Å². The molecule has 1 heterocycles. The molecule has 1 aromatic heterocycles. The first-order valence-corrected chi connectivity index (χ1v) is 11.2. The first-order chi connectivity index (χ1) is 11.3. The average Bonchev–Trinajstić information content (AvgIpc) is 2.94. The van der Waals surface area contributed by atoms with Gasteiger partial charge in [0.05, 0.1) is 0 Å². The van der Waals surface area contributed by atoms with Crippen LogP contribution in [-0.2, 0) is 19.3 Å². The van der Waals surface area contributed by atoms with E-state index in [4.69, 9.17) is 0 Å². The summed E-state index contributed by atoms with van der Waals surface area (Å²) < 4.78 is 0. The summed E-state index contributed by atoms with van der Waals surface area (Å²) in [6.07, 6.45) is 20.6. The second-order valence-corrected chi connectivity index (χ2v) is 8.31. The third-order valence-electron chi connectivity index (χ3n) is 4.78. The number of thiophene rings is 1. The fourth-order valence-corrected chi connectivity index (χ4v) is 4.56. The van der Waals surface area contributed by atoms with Gasteiger partial charge in [0.1, 0.15) is 0 Å². The van der Waals surface area contributed by atoms with Gasteiger partial charge in [-0.15, -0.1) is 11.3 Å². The van der Waals surface area contributed by atoms with Gasteiger partial charge in [0.25, 0.3) is 0 Å². The van der Waals surface area contributed by atoms with Crippen LogP contribution in [-0.4, -0.2) is 0 Å². The molecule has 1 heteroatoms. The maximum atomic E-state index is 2.57. The normalized spacial score (nSPS) is 11.3. The van der Waals surface area contributed by atoms with E-state index in [0.717, 1.165) is 0 Å². The Morgan fingerprint density at radius 3 is 1.70 bits per heavy atom. The van der Waals surface area contributed by atoms with Crippen LogP contribution in [0.1, 0.15) is 113 Å². The Balaban J connectivity index is 2.49. The van der Waals surface area contributed by atoms with Crippen molar-refractivity contribution in [2.45, 2.75) is 117 Å². The molecule has 0 nitrogen and oxygen atoms in total. The Hall–Kier alpha value is -0.300. The molecule has 0 unspecified atom stereocenters. The fraction of sp³-hybridized carbons (Fsp3) is 0.818. The summed E-state index contributed by atoms with van der Waals surface area (Å²) in [6, 6.07) is 2.57. The van der Waals surface area contributed by atoms with E-state index in [1.165, 1.54) is 96.3 Å². The molecule has 0 amide bonds. The van der Waals surface area contributed by atoms with Crippen LogP contribution in [0.15, 0.2) is 6.07 Å². The lowest BCUT2D eigenvalue weighted by atomic mass is 10.0. The molecular formula is C22H40S. The van der Waals surface area contributed by atoms with Crippen LogP contribution in [0.25, 0.3) is 0 Å². The van der Waals surface area contributed by atoms with Crippen molar-refractivity contribution in [1.82, 2.24) is 0 Å². The summed E-state index contributed by atoms with van der Waals surface area (Å²) in [5.74, 6) is 0. The molecule has 0 aliphatic carbocycles. The van der Waals surface area contributed by atoms with Gasteiger partial charge in [-0.3, -0.25) is 0 Å². The highest BCUT2D eigenvalue weighted by Crippen LogP contribution is 2.28. The molecule has 0 atom stereocenters. The second kappa shape index (κ2) is 14.1. The van der Waals surface area contributed by atoms with Crippen molar-refractivity contribution in [3.05, 3.63) is 21.4 Å². The van der Waals surface area contributed by atoms with E-state index in [2.05, 4.69) is 38.2 Å². The Morgan fingerprint density at radius 1 is 0.609 bits per heavy atom. The topological polar surface area (TPSA) is 0 Å². The molecule has 0 saturated carbocycles. The lowest BCUT2D eigenvalue weighted by Gasteiger charge is -2.04. The number of hydrogen-bond donors (Lipinski definition) is 0. The second-order valence-electron chi connectivity index (χ2n) is 7.09. The summed E-state index contributed by atoms with van der Waals surface area (Å²) in [5.41, 5.74) is 1.70. The van der Waals surface area contributed by atoms with Crippen molar-refractivity contribution in [1.29, 1.82) is 0 Å². The summed E-state index contributed by atoms with van der Waals surface area (Å²) >= 11 is 2.14. The Bertz CT molecular complexity index is 348. The fourth-order valence-electron chi connectivity index (χ4n) is 3.26. The molecule has 0 aliphatic heterocycles. The molecule has 0 aliphatic rings. The summed E-state index contributed by atoms with van der Waals surface area (Å²) in [4.78, 5) is 3.39. The van der Waals surface area contributed by atoms with E-state index in [1.807, 2.05) is 0 Å². The maximum Gasteiger partial charge on any atom is 0.00801 e. The molecule has 1 aromatic rings.